The third-order valence-electron chi connectivity index (χ3n) is 5.60. The van der Waals surface area contributed by atoms with E-state index in [1.807, 2.05) is 30.1 Å². The summed E-state index contributed by atoms with van der Waals surface area (Å²) in [7, 11) is 1.89. The van der Waals surface area contributed by atoms with Gasteiger partial charge in [-0.1, -0.05) is 12.1 Å². The highest BCUT2D eigenvalue weighted by Crippen LogP contribution is 2.37. The standard InChI is InChI=1S/C22H18F3N3/c1-27-8-2-3-14-9-15(10-18(23)21(14)27)13-4-5-16-17-12-26-7-6-19(17)28(22(24)25)20(16)11-13/h4-7,9-12,22H,2-3,8H2,1H3. The summed E-state index contributed by atoms with van der Waals surface area (Å²) in [4.78, 5) is 6.00. The molecule has 0 N–H and O–H groups in total. The average Bonchev–Trinajstić information content (AvgIpc) is 3.01. The quantitative estimate of drug-likeness (QED) is 0.439. The van der Waals surface area contributed by atoms with Crippen molar-refractivity contribution in [3.05, 3.63) is 60.2 Å². The number of halogens is 3. The topological polar surface area (TPSA) is 21.1 Å². The van der Waals surface area contributed by atoms with E-state index in [4.69, 9.17) is 0 Å². The van der Waals surface area contributed by atoms with E-state index in [0.717, 1.165) is 35.1 Å². The lowest BCUT2D eigenvalue weighted by molar-refractivity contribution is 0.0796. The lowest BCUT2D eigenvalue weighted by atomic mass is 9.95. The highest BCUT2D eigenvalue weighted by molar-refractivity contribution is 6.08. The van der Waals surface area contributed by atoms with Crippen molar-refractivity contribution in [2.75, 3.05) is 18.5 Å². The van der Waals surface area contributed by atoms with E-state index in [9.17, 15) is 13.2 Å². The Hall–Kier alpha value is -3.02. The maximum Gasteiger partial charge on any atom is 0.319 e. The molecule has 0 aliphatic carbocycles. The smallest absolute Gasteiger partial charge is 0.319 e. The van der Waals surface area contributed by atoms with Gasteiger partial charge >= 0.3 is 6.55 Å². The Balaban J connectivity index is 1.74. The van der Waals surface area contributed by atoms with E-state index in [1.54, 1.807) is 18.3 Å². The number of hydrogen-bond acceptors (Lipinski definition) is 2. The van der Waals surface area contributed by atoms with Crippen molar-refractivity contribution < 1.29 is 13.2 Å². The van der Waals surface area contributed by atoms with Gasteiger partial charge in [0, 0.05) is 36.8 Å². The molecule has 0 fully saturated rings. The summed E-state index contributed by atoms with van der Waals surface area (Å²) in [6, 6.07) is 10.5. The molecule has 4 aromatic rings. The van der Waals surface area contributed by atoms with Crippen molar-refractivity contribution in [3.8, 4) is 11.1 Å². The molecule has 1 aliphatic rings. The Morgan fingerprint density at radius 3 is 2.68 bits per heavy atom. The number of aromatic nitrogens is 2. The van der Waals surface area contributed by atoms with E-state index in [2.05, 4.69) is 4.98 Å². The maximum absolute atomic E-state index is 14.8. The van der Waals surface area contributed by atoms with Crippen LogP contribution in [0.2, 0.25) is 0 Å². The lowest BCUT2D eigenvalue weighted by Crippen LogP contribution is -2.25. The molecule has 6 heteroatoms. The first-order valence-electron chi connectivity index (χ1n) is 9.24. The fourth-order valence-corrected chi connectivity index (χ4v) is 4.34. The summed E-state index contributed by atoms with van der Waals surface area (Å²) in [5.74, 6) is -0.270. The van der Waals surface area contributed by atoms with Gasteiger partial charge in [0.25, 0.3) is 0 Å². The van der Waals surface area contributed by atoms with Gasteiger partial charge < -0.3 is 4.90 Å². The van der Waals surface area contributed by atoms with Gasteiger partial charge in [0.1, 0.15) is 5.82 Å². The van der Waals surface area contributed by atoms with Crippen molar-refractivity contribution in [1.82, 2.24) is 9.55 Å². The molecule has 0 spiro atoms. The molecule has 0 saturated carbocycles. The van der Waals surface area contributed by atoms with Gasteiger partial charge in [-0.3, -0.25) is 9.55 Å². The van der Waals surface area contributed by atoms with Crippen molar-refractivity contribution in [1.29, 1.82) is 0 Å². The molecule has 0 unspecified atom stereocenters. The Labute approximate surface area is 160 Å². The first-order chi connectivity index (χ1) is 13.5. The zero-order chi connectivity index (χ0) is 19.4. The summed E-state index contributed by atoms with van der Waals surface area (Å²) >= 11 is 0. The minimum Gasteiger partial charge on any atom is -0.372 e. The van der Waals surface area contributed by atoms with Gasteiger partial charge in [-0.05, 0) is 53.8 Å². The van der Waals surface area contributed by atoms with E-state index < -0.39 is 6.55 Å². The molecule has 0 amide bonds. The number of anilines is 1. The van der Waals surface area contributed by atoms with E-state index in [0.29, 0.717) is 33.1 Å². The number of aryl methyl sites for hydroxylation is 1. The van der Waals surface area contributed by atoms with Crippen molar-refractivity contribution in [3.63, 3.8) is 0 Å². The van der Waals surface area contributed by atoms with Gasteiger partial charge in [0.2, 0.25) is 0 Å². The number of pyridine rings is 1. The molecule has 5 rings (SSSR count). The van der Waals surface area contributed by atoms with Crippen molar-refractivity contribution >= 4 is 27.5 Å². The number of fused-ring (bicyclic) bond motifs is 4. The number of rotatable bonds is 2. The van der Waals surface area contributed by atoms with Gasteiger partial charge in [-0.25, -0.2) is 4.39 Å². The minimum absolute atomic E-state index is 0.270. The predicted molar refractivity (Wildman–Crippen MR) is 105 cm³/mol. The molecule has 2 aromatic heterocycles. The van der Waals surface area contributed by atoms with Crippen LogP contribution in [0.1, 0.15) is 18.5 Å². The molecule has 2 aromatic carbocycles. The molecule has 1 aliphatic heterocycles. The van der Waals surface area contributed by atoms with Crippen LogP contribution in [-0.2, 0) is 6.42 Å². The fourth-order valence-electron chi connectivity index (χ4n) is 4.34. The normalized spacial score (nSPS) is 14.2. The van der Waals surface area contributed by atoms with E-state index in [-0.39, 0.29) is 5.82 Å². The Morgan fingerprint density at radius 1 is 1.00 bits per heavy atom. The Kier molecular flexibility index (Phi) is 3.82. The summed E-state index contributed by atoms with van der Waals surface area (Å²) < 4.78 is 43.4. The monoisotopic (exact) mass is 381 g/mol. The minimum atomic E-state index is -2.67. The summed E-state index contributed by atoms with van der Waals surface area (Å²) in [6.07, 6.45) is 4.90. The highest BCUT2D eigenvalue weighted by atomic mass is 19.3. The van der Waals surface area contributed by atoms with E-state index in [1.165, 1.54) is 12.3 Å². The number of benzene rings is 2. The Bertz CT molecular complexity index is 1210. The van der Waals surface area contributed by atoms with E-state index >= 15 is 0 Å². The lowest BCUT2D eigenvalue weighted by Gasteiger charge is -2.28. The third-order valence-corrected chi connectivity index (χ3v) is 5.60. The molecule has 0 radical (unpaired) electrons. The molecule has 0 saturated heterocycles. The average molecular weight is 381 g/mol. The maximum atomic E-state index is 14.8. The van der Waals surface area contributed by atoms with Crippen molar-refractivity contribution in [2.45, 2.75) is 19.4 Å². The van der Waals surface area contributed by atoms with Gasteiger partial charge in [-0.2, -0.15) is 8.78 Å². The first-order valence-corrected chi connectivity index (χ1v) is 9.24. The van der Waals surface area contributed by atoms with Gasteiger partial charge in [0.05, 0.1) is 16.7 Å². The molecule has 3 nitrogen and oxygen atoms in total. The van der Waals surface area contributed by atoms with Crippen LogP contribution in [0.4, 0.5) is 18.9 Å². The zero-order valence-electron chi connectivity index (χ0n) is 15.3. The summed E-state index contributed by atoms with van der Waals surface area (Å²) in [5, 5.41) is 1.40. The fraction of sp³-hybridized carbons (Fsp3) is 0.227. The molecule has 28 heavy (non-hydrogen) atoms. The van der Waals surface area contributed by atoms with Crippen molar-refractivity contribution in [2.24, 2.45) is 0 Å². The highest BCUT2D eigenvalue weighted by Gasteiger charge is 2.21. The largest absolute Gasteiger partial charge is 0.372 e. The molecule has 0 atom stereocenters. The number of nitrogens with zero attached hydrogens (tertiary/aromatic N) is 3. The number of alkyl halides is 2. The first kappa shape index (κ1) is 17.1. The molecule has 0 bridgehead atoms. The van der Waals surface area contributed by atoms with Crippen LogP contribution in [0.3, 0.4) is 0 Å². The van der Waals surface area contributed by atoms with Crippen LogP contribution < -0.4 is 4.90 Å². The SMILES string of the molecule is CN1CCCc2cc(-c3ccc4c5cnccc5n(C(F)F)c4c3)cc(F)c21. The molecule has 3 heterocycles. The second-order valence-electron chi connectivity index (χ2n) is 7.26. The van der Waals surface area contributed by atoms with Crippen LogP contribution in [0.15, 0.2) is 48.8 Å². The van der Waals surface area contributed by atoms with Crippen LogP contribution in [0.25, 0.3) is 32.9 Å². The predicted octanol–water partition coefficient (Wildman–Crippen LogP) is 5.77. The van der Waals surface area contributed by atoms with Crippen LogP contribution >= 0.6 is 0 Å². The second kappa shape index (κ2) is 6.26. The Morgan fingerprint density at radius 2 is 1.86 bits per heavy atom. The summed E-state index contributed by atoms with van der Waals surface area (Å²) in [6.45, 7) is -1.84. The molecule has 142 valence electrons. The zero-order valence-corrected chi connectivity index (χ0v) is 15.3. The molecular weight excluding hydrogens is 363 g/mol. The van der Waals surface area contributed by atoms with Crippen LogP contribution in [0.5, 0.6) is 0 Å². The third kappa shape index (κ3) is 2.47. The van der Waals surface area contributed by atoms with Crippen LogP contribution in [-0.4, -0.2) is 23.1 Å². The number of hydrogen-bond donors (Lipinski definition) is 0. The molecular formula is C22H18F3N3. The van der Waals surface area contributed by atoms with Gasteiger partial charge in [0.15, 0.2) is 0 Å². The van der Waals surface area contributed by atoms with Gasteiger partial charge in [-0.15, -0.1) is 0 Å². The summed E-state index contributed by atoms with van der Waals surface area (Å²) in [5.41, 5.74) is 3.89. The second-order valence-corrected chi connectivity index (χ2v) is 7.26. The van der Waals surface area contributed by atoms with Crippen LogP contribution in [0, 0.1) is 5.82 Å².